The van der Waals surface area contributed by atoms with Gasteiger partial charge in [0.1, 0.15) is 25.4 Å². The summed E-state index contributed by atoms with van der Waals surface area (Å²) in [4.78, 5) is 58.6. The lowest BCUT2D eigenvalue weighted by Gasteiger charge is -2.21. The number of rotatable bonds is 67. The number of hydrogen-bond donors (Lipinski definition) is 4. The fourth-order valence-corrected chi connectivity index (χ4v) is 10.6. The fourth-order valence-electron chi connectivity index (χ4n) is 8.97. The van der Waals surface area contributed by atoms with Gasteiger partial charge in [-0.2, -0.15) is 0 Å². The Morgan fingerprint density at radius 3 is 0.814 bits per heavy atom. The molecule has 550 valence electrons. The van der Waals surface area contributed by atoms with Gasteiger partial charge in [0.15, 0.2) is 6.10 Å². The van der Waals surface area contributed by atoms with Crippen LogP contribution in [0, 0.1) is 0 Å². The van der Waals surface area contributed by atoms with Crippen molar-refractivity contribution in [1.82, 2.24) is 0 Å². The van der Waals surface area contributed by atoms with Gasteiger partial charge >= 0.3 is 33.6 Å². The van der Waals surface area contributed by atoms with Crippen molar-refractivity contribution in [3.8, 4) is 0 Å². The molecule has 18 heteroatoms. The van der Waals surface area contributed by atoms with Crippen LogP contribution in [0.15, 0.2) is 170 Å². The van der Waals surface area contributed by atoms with Crippen molar-refractivity contribution in [3.63, 3.8) is 0 Å². The van der Waals surface area contributed by atoms with Gasteiger partial charge in [0, 0.05) is 19.3 Å². The molecule has 5 atom stereocenters. The van der Waals surface area contributed by atoms with E-state index in [1.807, 2.05) is 0 Å². The number of hydrogen-bond acceptors (Lipinski definition) is 14. The first kappa shape index (κ1) is 91.9. The molecule has 0 fully saturated rings. The molecule has 0 aromatic carbocycles. The summed E-state index contributed by atoms with van der Waals surface area (Å²) in [6, 6.07) is 0. The Kier molecular flexibility index (Phi) is 67.0. The van der Waals surface area contributed by atoms with Crippen molar-refractivity contribution in [2.75, 3.05) is 39.6 Å². The van der Waals surface area contributed by atoms with Crippen LogP contribution in [-0.4, -0.2) is 95.9 Å². The van der Waals surface area contributed by atoms with E-state index in [1.165, 1.54) is 0 Å². The van der Waals surface area contributed by atoms with E-state index >= 15 is 0 Å². The molecule has 0 aliphatic rings. The molecule has 0 aromatic heterocycles. The van der Waals surface area contributed by atoms with Gasteiger partial charge in [0.05, 0.1) is 26.4 Å². The fraction of sp³-hybridized carbons (Fsp3) is 0.608. The molecule has 16 nitrogen and oxygen atoms in total. The summed E-state index contributed by atoms with van der Waals surface area (Å²) < 4.78 is 61.0. The minimum absolute atomic E-state index is 0.0762. The molecule has 0 bridgehead atoms. The molecule has 0 saturated heterocycles. The number of aliphatic hydroxyl groups is 2. The van der Waals surface area contributed by atoms with Crippen LogP contribution in [0.5, 0.6) is 0 Å². The Bertz CT molecular complexity index is 2440. The normalized spacial score (nSPS) is 15.1. The largest absolute Gasteiger partial charge is 0.472 e. The summed E-state index contributed by atoms with van der Waals surface area (Å²) >= 11 is 0. The Morgan fingerprint density at radius 1 is 0.289 bits per heavy atom. The van der Waals surface area contributed by atoms with Crippen LogP contribution in [-0.2, 0) is 55.8 Å². The van der Waals surface area contributed by atoms with Crippen molar-refractivity contribution >= 4 is 33.6 Å². The minimum atomic E-state index is -4.95. The van der Waals surface area contributed by atoms with Gasteiger partial charge in [-0.05, 0) is 148 Å². The molecular formula is C79H128O16P2. The van der Waals surface area contributed by atoms with Crippen molar-refractivity contribution in [2.24, 2.45) is 0 Å². The number of carbonyl (C=O) groups is 3. The van der Waals surface area contributed by atoms with Gasteiger partial charge in [-0.15, -0.1) is 0 Å². The van der Waals surface area contributed by atoms with Crippen LogP contribution in [0.4, 0.5) is 0 Å². The number of carbonyl (C=O) groups excluding carboxylic acids is 3. The predicted octanol–water partition coefficient (Wildman–Crippen LogP) is 20.9. The van der Waals surface area contributed by atoms with Crippen LogP contribution in [0.1, 0.15) is 252 Å². The topological polar surface area (TPSA) is 231 Å². The highest BCUT2D eigenvalue weighted by atomic mass is 31.2. The molecule has 0 rings (SSSR count). The second kappa shape index (κ2) is 70.8. The first-order chi connectivity index (χ1) is 47.2. The van der Waals surface area contributed by atoms with Crippen molar-refractivity contribution in [2.45, 2.75) is 270 Å². The Balaban J connectivity index is 4.78. The molecule has 4 N–H and O–H groups in total. The van der Waals surface area contributed by atoms with Crippen LogP contribution < -0.4 is 0 Å². The average Bonchev–Trinajstić information content (AvgIpc) is 1.90. The van der Waals surface area contributed by atoms with Crippen LogP contribution in [0.25, 0.3) is 0 Å². The van der Waals surface area contributed by atoms with Gasteiger partial charge in [0.2, 0.25) is 0 Å². The molecule has 0 radical (unpaired) electrons. The molecule has 0 spiro atoms. The van der Waals surface area contributed by atoms with Crippen LogP contribution in [0.2, 0.25) is 0 Å². The predicted molar refractivity (Wildman–Crippen MR) is 398 cm³/mol. The van der Waals surface area contributed by atoms with E-state index in [4.69, 9.17) is 32.3 Å². The van der Waals surface area contributed by atoms with Crippen LogP contribution in [0.3, 0.4) is 0 Å². The Labute approximate surface area is 586 Å². The van der Waals surface area contributed by atoms with E-state index in [1.54, 1.807) is 0 Å². The zero-order valence-corrected chi connectivity index (χ0v) is 61.5. The SMILES string of the molecule is CC/C=C\C/C=C\C/C=C\C/C=C\C/C=C\CCCCCCCC(=O)OCC(O)COP(=O)(O)OCC(O)COP(=O)(O)OCC(COC(=O)CCCCCCC/C=C\C/C=C\C/C=C\C/C=C\C/C=C\CC)OC(=O)CCCCCCCC/C=C\C/C=C\C/C=C\C/C=C\CC. The summed E-state index contributed by atoms with van der Waals surface area (Å²) in [7, 11) is -9.82. The summed E-state index contributed by atoms with van der Waals surface area (Å²) in [6.07, 6.45) is 88.1. The quantitative estimate of drug-likeness (QED) is 0.0146. The number of phosphoric acid groups is 2. The van der Waals surface area contributed by atoms with Gasteiger partial charge in [0.25, 0.3) is 0 Å². The maximum absolute atomic E-state index is 13.0. The van der Waals surface area contributed by atoms with Crippen molar-refractivity contribution in [1.29, 1.82) is 0 Å². The van der Waals surface area contributed by atoms with Gasteiger partial charge in [-0.3, -0.25) is 32.5 Å². The van der Waals surface area contributed by atoms with Crippen molar-refractivity contribution in [3.05, 3.63) is 170 Å². The van der Waals surface area contributed by atoms with Gasteiger partial charge in [-0.25, -0.2) is 9.13 Å². The number of allylic oxidation sites excluding steroid dienone is 28. The minimum Gasteiger partial charge on any atom is -0.463 e. The average molecular weight is 1400 g/mol. The number of aliphatic hydroxyl groups excluding tert-OH is 2. The summed E-state index contributed by atoms with van der Waals surface area (Å²) in [5.41, 5.74) is 0. The smallest absolute Gasteiger partial charge is 0.463 e. The Morgan fingerprint density at radius 2 is 0.515 bits per heavy atom. The van der Waals surface area contributed by atoms with Crippen LogP contribution >= 0.6 is 15.6 Å². The lowest BCUT2D eigenvalue weighted by molar-refractivity contribution is -0.161. The van der Waals surface area contributed by atoms with Gasteiger partial charge < -0.3 is 34.2 Å². The molecule has 0 heterocycles. The molecule has 0 saturated carbocycles. The number of phosphoric ester groups is 2. The van der Waals surface area contributed by atoms with Gasteiger partial charge in [-0.1, -0.05) is 255 Å². The molecule has 97 heavy (non-hydrogen) atoms. The zero-order valence-electron chi connectivity index (χ0n) is 59.7. The lowest BCUT2D eigenvalue weighted by atomic mass is 10.1. The highest BCUT2D eigenvalue weighted by Gasteiger charge is 2.29. The first-order valence-corrected chi connectivity index (χ1v) is 39.4. The lowest BCUT2D eigenvalue weighted by Crippen LogP contribution is -2.30. The zero-order chi connectivity index (χ0) is 70.9. The third-order valence-electron chi connectivity index (χ3n) is 14.4. The van der Waals surface area contributed by atoms with E-state index in [-0.39, 0.29) is 19.3 Å². The third kappa shape index (κ3) is 72.0. The molecule has 0 aromatic rings. The van der Waals surface area contributed by atoms with E-state index < -0.39 is 91.5 Å². The molecule has 5 unspecified atom stereocenters. The van der Waals surface area contributed by atoms with E-state index in [0.717, 1.165) is 193 Å². The number of ether oxygens (including phenoxy) is 3. The van der Waals surface area contributed by atoms with E-state index in [9.17, 15) is 43.5 Å². The maximum Gasteiger partial charge on any atom is 0.472 e. The second-order valence-corrected chi connectivity index (χ2v) is 26.5. The van der Waals surface area contributed by atoms with E-state index in [0.29, 0.717) is 19.3 Å². The number of unbranched alkanes of at least 4 members (excludes halogenated alkanes) is 16. The standard InChI is InChI=1S/C79H128O16P2/c1-4-7-10-13-16-19-22-25-28-31-34-36-39-41-44-47-50-53-56-59-62-65-77(82)89-68-74(80)69-91-96(85,86)92-70-75(81)71-93-97(87,88)94-73-76(95-79(84)67-64-61-58-55-52-49-46-43-38-33-30-27-24-21-18-15-12-9-6-3)72-90-78(83)66-63-60-57-54-51-48-45-42-40-37-35-32-29-26-23-20-17-14-11-8-5-2/h7-12,16-21,25-30,34-38,41-45,74-76,80-81H,4-6,13-15,22-24,31-33,39-40,46-73H2,1-3H3,(H,85,86)(H,87,88)/b10-7-,11-8-,12-9-,19-16-,20-17-,21-18-,28-25-,29-26-,30-27-,36-34-,37-35-,43-38-,44-41-,45-42-. The monoisotopic (exact) mass is 1390 g/mol. The highest BCUT2D eigenvalue weighted by Crippen LogP contribution is 2.45. The maximum atomic E-state index is 13.0. The molecule has 0 aliphatic carbocycles. The Hall–Kier alpha value is -5.09. The molecular weight excluding hydrogens is 1270 g/mol. The summed E-state index contributed by atoms with van der Waals surface area (Å²) in [5.74, 6) is -1.64. The van der Waals surface area contributed by atoms with Crippen molar-refractivity contribution < 1.29 is 75.8 Å². The summed E-state index contributed by atoms with van der Waals surface area (Å²) in [6.45, 7) is 2.25. The summed E-state index contributed by atoms with van der Waals surface area (Å²) in [5, 5.41) is 20.6. The number of esters is 3. The molecule has 0 aliphatic heterocycles. The molecule has 0 amide bonds. The third-order valence-corrected chi connectivity index (χ3v) is 16.3. The van der Waals surface area contributed by atoms with E-state index in [2.05, 4.69) is 191 Å². The second-order valence-electron chi connectivity index (χ2n) is 23.6. The first-order valence-electron chi connectivity index (χ1n) is 36.4. The highest BCUT2D eigenvalue weighted by molar-refractivity contribution is 7.47.